The van der Waals surface area contributed by atoms with Crippen molar-refractivity contribution in [1.29, 1.82) is 0 Å². The summed E-state index contributed by atoms with van der Waals surface area (Å²) in [6, 6.07) is 6.43. The smallest absolute Gasteiger partial charge is 0.318 e. The first-order chi connectivity index (χ1) is 17.2. The summed E-state index contributed by atoms with van der Waals surface area (Å²) in [5.41, 5.74) is 1.24. The van der Waals surface area contributed by atoms with Crippen LogP contribution in [0.4, 0.5) is 4.79 Å². The van der Waals surface area contributed by atoms with E-state index in [1.165, 1.54) is 57.8 Å². The molecule has 8 aliphatic carbocycles. The zero-order valence-electron chi connectivity index (χ0n) is 21.8. The highest BCUT2D eigenvalue weighted by Crippen LogP contribution is 2.62. The molecule has 8 aliphatic rings. The normalized spacial score (nSPS) is 42.0. The second-order valence-corrected chi connectivity index (χ2v) is 15.9. The van der Waals surface area contributed by atoms with Gasteiger partial charge in [0.2, 0.25) is 0 Å². The minimum atomic E-state index is -3.90. The van der Waals surface area contributed by atoms with Crippen molar-refractivity contribution < 1.29 is 13.2 Å². The van der Waals surface area contributed by atoms with Gasteiger partial charge >= 0.3 is 6.03 Å². The fraction of sp³-hybridized carbons (Fsp3) is 0.767. The second kappa shape index (κ2) is 8.22. The molecule has 0 unspecified atom stereocenters. The first-order valence-corrected chi connectivity index (χ1v) is 16.1. The molecule has 1 aromatic rings. The number of hydrogen-bond donors (Lipinski definition) is 1. The van der Waals surface area contributed by atoms with Crippen molar-refractivity contribution >= 4 is 16.1 Å². The minimum absolute atomic E-state index is 0.149. The van der Waals surface area contributed by atoms with Gasteiger partial charge in [-0.25, -0.2) is 17.9 Å². The van der Waals surface area contributed by atoms with Gasteiger partial charge in [-0.3, -0.25) is 0 Å². The highest BCUT2D eigenvalue weighted by molar-refractivity contribution is 7.90. The molecule has 9 rings (SSSR count). The number of amides is 2. The quantitative estimate of drug-likeness (QED) is 0.490. The average molecular weight is 511 g/mol. The third kappa shape index (κ3) is 4.01. The number of benzene rings is 1. The molecule has 8 bridgehead atoms. The van der Waals surface area contributed by atoms with Gasteiger partial charge in [0.25, 0.3) is 10.0 Å². The number of urea groups is 1. The maximum atomic E-state index is 14.0. The zero-order chi connectivity index (χ0) is 24.7. The molecule has 1 aromatic carbocycles. The van der Waals surface area contributed by atoms with Gasteiger partial charge in [0, 0.05) is 12.1 Å². The number of hydrogen-bond acceptors (Lipinski definition) is 3. The lowest BCUT2D eigenvalue weighted by Crippen LogP contribution is -2.64. The van der Waals surface area contributed by atoms with Crippen molar-refractivity contribution in [3.8, 4) is 0 Å². The van der Waals surface area contributed by atoms with E-state index < -0.39 is 10.0 Å². The summed E-state index contributed by atoms with van der Waals surface area (Å²) >= 11 is 0. The summed E-state index contributed by atoms with van der Waals surface area (Å²) in [4.78, 5) is 16.2. The maximum absolute atomic E-state index is 14.0. The standard InChI is InChI=1S/C30H42N2O3S/c1-20-2-4-27(5-3-20)36(34,35)31-28(33)32(30-17-24-11-25(18-30)13-26(12-24)19-30)7-6-29-14-21-8-22(15-29)10-23(9-21)16-29/h2-5,21-26H,6-19H2,1H3,(H,31,33). The Labute approximate surface area is 216 Å². The van der Waals surface area contributed by atoms with Crippen LogP contribution in [0.2, 0.25) is 0 Å². The first-order valence-electron chi connectivity index (χ1n) is 14.6. The molecule has 2 amide bonds. The minimum Gasteiger partial charge on any atom is -0.318 e. The summed E-state index contributed by atoms with van der Waals surface area (Å²) < 4.78 is 29.0. The maximum Gasteiger partial charge on any atom is 0.331 e. The molecule has 0 heterocycles. The lowest BCUT2D eigenvalue weighted by Gasteiger charge is -2.61. The molecular weight excluding hydrogens is 468 g/mol. The Morgan fingerprint density at radius 2 is 1.25 bits per heavy atom. The largest absolute Gasteiger partial charge is 0.331 e. The third-order valence-corrected chi connectivity index (χ3v) is 12.7. The highest BCUT2D eigenvalue weighted by atomic mass is 32.2. The Hall–Kier alpha value is -1.56. The van der Waals surface area contributed by atoms with Gasteiger partial charge in [-0.2, -0.15) is 0 Å². The van der Waals surface area contributed by atoms with Crippen LogP contribution in [0.1, 0.15) is 89.0 Å². The Morgan fingerprint density at radius 3 is 1.72 bits per heavy atom. The number of nitrogens with zero attached hydrogens (tertiary/aromatic N) is 1. The van der Waals surface area contributed by atoms with Crippen LogP contribution in [0.5, 0.6) is 0 Å². The van der Waals surface area contributed by atoms with Crippen molar-refractivity contribution in [1.82, 2.24) is 9.62 Å². The number of aryl methyl sites for hydroxylation is 1. The summed E-state index contributed by atoms with van der Waals surface area (Å²) in [5.74, 6) is 4.79. The van der Waals surface area contributed by atoms with Crippen molar-refractivity contribution in [3.05, 3.63) is 29.8 Å². The van der Waals surface area contributed by atoms with E-state index in [0.29, 0.717) is 29.7 Å². The number of nitrogens with one attached hydrogen (secondary N) is 1. The molecule has 5 nitrogen and oxygen atoms in total. The van der Waals surface area contributed by atoms with Gasteiger partial charge in [-0.1, -0.05) is 17.7 Å². The molecule has 0 spiro atoms. The summed E-state index contributed by atoms with van der Waals surface area (Å²) in [7, 11) is -3.90. The second-order valence-electron chi connectivity index (χ2n) is 14.2. The van der Waals surface area contributed by atoms with Crippen LogP contribution in [0, 0.1) is 47.8 Å². The molecule has 0 atom stereocenters. The molecular formula is C30H42N2O3S. The van der Waals surface area contributed by atoms with E-state index in [4.69, 9.17) is 0 Å². The number of carbonyl (C=O) groups excluding carboxylic acids is 1. The van der Waals surface area contributed by atoms with Crippen LogP contribution in [0.25, 0.3) is 0 Å². The summed E-state index contributed by atoms with van der Waals surface area (Å²) in [6.07, 6.45) is 16.4. The number of sulfonamides is 1. The molecule has 0 saturated heterocycles. The average Bonchev–Trinajstić information content (AvgIpc) is 2.77. The van der Waals surface area contributed by atoms with Crippen LogP contribution in [0.3, 0.4) is 0 Å². The van der Waals surface area contributed by atoms with Crippen molar-refractivity contribution in [3.63, 3.8) is 0 Å². The van der Waals surface area contributed by atoms with E-state index in [1.54, 1.807) is 24.3 Å². The molecule has 196 valence electrons. The Kier molecular flexibility index (Phi) is 5.38. The Morgan fingerprint density at radius 1 is 0.806 bits per heavy atom. The fourth-order valence-electron chi connectivity index (χ4n) is 10.8. The van der Waals surface area contributed by atoms with Gasteiger partial charge in [-0.05, 0) is 143 Å². The first kappa shape index (κ1) is 23.5. The van der Waals surface area contributed by atoms with Crippen LogP contribution < -0.4 is 4.72 Å². The van der Waals surface area contributed by atoms with E-state index >= 15 is 0 Å². The number of rotatable bonds is 6. The van der Waals surface area contributed by atoms with Gasteiger partial charge in [-0.15, -0.1) is 0 Å². The predicted octanol–water partition coefficient (Wildman–Crippen LogP) is 6.27. The lowest BCUT2D eigenvalue weighted by molar-refractivity contribution is -0.0877. The predicted molar refractivity (Wildman–Crippen MR) is 140 cm³/mol. The van der Waals surface area contributed by atoms with Crippen LogP contribution in [0.15, 0.2) is 29.2 Å². The molecule has 1 N–H and O–H groups in total. The molecule has 6 heteroatoms. The number of carbonyl (C=O) groups is 1. The molecule has 8 fully saturated rings. The van der Waals surface area contributed by atoms with Crippen molar-refractivity contribution in [2.45, 2.75) is 101 Å². The van der Waals surface area contributed by atoms with E-state index in [-0.39, 0.29) is 16.5 Å². The SMILES string of the molecule is Cc1ccc(S(=O)(=O)NC(=O)N(CCC23CC4CC(CC(C4)C2)C3)C23CC4CC(CC(C4)C2)C3)cc1. The monoisotopic (exact) mass is 510 g/mol. The van der Waals surface area contributed by atoms with Crippen LogP contribution in [-0.2, 0) is 10.0 Å². The van der Waals surface area contributed by atoms with E-state index in [9.17, 15) is 13.2 Å². The summed E-state index contributed by atoms with van der Waals surface area (Å²) in [5, 5.41) is 0. The van der Waals surface area contributed by atoms with Crippen LogP contribution in [-0.4, -0.2) is 31.4 Å². The van der Waals surface area contributed by atoms with E-state index in [0.717, 1.165) is 49.0 Å². The molecule has 0 radical (unpaired) electrons. The third-order valence-electron chi connectivity index (χ3n) is 11.4. The molecule has 36 heavy (non-hydrogen) atoms. The zero-order valence-corrected chi connectivity index (χ0v) is 22.6. The van der Waals surface area contributed by atoms with E-state index in [1.807, 2.05) is 6.92 Å². The molecule has 0 aromatic heterocycles. The Balaban J connectivity index is 1.16. The summed E-state index contributed by atoms with van der Waals surface area (Å²) in [6.45, 7) is 2.65. The molecule has 0 aliphatic heterocycles. The van der Waals surface area contributed by atoms with Crippen molar-refractivity contribution in [2.24, 2.45) is 40.9 Å². The van der Waals surface area contributed by atoms with Gasteiger partial charge in [0.05, 0.1) is 4.90 Å². The van der Waals surface area contributed by atoms with E-state index in [2.05, 4.69) is 9.62 Å². The fourth-order valence-corrected chi connectivity index (χ4v) is 11.8. The van der Waals surface area contributed by atoms with Gasteiger partial charge in [0.15, 0.2) is 0 Å². The van der Waals surface area contributed by atoms with Gasteiger partial charge in [0.1, 0.15) is 0 Å². The Bertz CT molecular complexity index is 1070. The van der Waals surface area contributed by atoms with Crippen molar-refractivity contribution in [2.75, 3.05) is 6.54 Å². The lowest BCUT2D eigenvalue weighted by atomic mass is 9.48. The highest BCUT2D eigenvalue weighted by Gasteiger charge is 2.56. The van der Waals surface area contributed by atoms with Gasteiger partial charge < -0.3 is 4.90 Å². The topological polar surface area (TPSA) is 66.5 Å². The van der Waals surface area contributed by atoms with Crippen LogP contribution >= 0.6 is 0 Å². The molecule has 8 saturated carbocycles.